The van der Waals surface area contributed by atoms with Crippen molar-refractivity contribution in [3.8, 4) is 0 Å². The van der Waals surface area contributed by atoms with E-state index in [1.54, 1.807) is 27.9 Å². The molecule has 9 atom stereocenters. The van der Waals surface area contributed by atoms with Crippen LogP contribution in [0.4, 0.5) is 0 Å². The van der Waals surface area contributed by atoms with Crippen LogP contribution in [0.25, 0.3) is 0 Å². The van der Waals surface area contributed by atoms with E-state index in [0.717, 1.165) is 45.8 Å². The van der Waals surface area contributed by atoms with Gasteiger partial charge in [-0.05, 0) is 74.1 Å². The number of esters is 1. The molecule has 0 bridgehead atoms. The van der Waals surface area contributed by atoms with E-state index in [4.69, 9.17) is 18.9 Å². The first-order valence-electron chi connectivity index (χ1n) is 16.6. The Labute approximate surface area is 266 Å². The molecule has 3 aliphatic heterocycles. The summed E-state index contributed by atoms with van der Waals surface area (Å²) in [5.74, 6) is -1.41. The zero-order valence-corrected chi connectivity index (χ0v) is 29.4. The third-order valence-corrected chi connectivity index (χ3v) is 10.4. The summed E-state index contributed by atoms with van der Waals surface area (Å²) in [4.78, 5) is 36.9. The van der Waals surface area contributed by atoms with Gasteiger partial charge in [-0.2, -0.15) is 0 Å². The molecule has 256 valence electrons. The monoisotopic (exact) mass is 626 g/mol. The Bertz CT molecular complexity index is 943. The van der Waals surface area contributed by atoms with E-state index >= 15 is 0 Å². The summed E-state index contributed by atoms with van der Waals surface area (Å²) in [6.07, 6.45) is -1.56. The average molecular weight is 627 g/mol. The second kappa shape index (κ2) is 15.6. The van der Waals surface area contributed by atoms with E-state index < -0.39 is 41.4 Å². The number of nitrogens with zero attached hydrogens (tertiary/aromatic N) is 4. The molecule has 11 heteroatoms. The summed E-state index contributed by atoms with van der Waals surface area (Å²) in [6.45, 7) is 20.2. The lowest BCUT2D eigenvalue weighted by Crippen LogP contribution is -2.59. The van der Waals surface area contributed by atoms with Gasteiger partial charge in [-0.25, -0.2) is 0 Å². The van der Waals surface area contributed by atoms with Crippen LogP contribution >= 0.6 is 0 Å². The highest BCUT2D eigenvalue weighted by atomic mass is 16.7. The molecule has 0 spiro atoms. The number of hydrogen-bond acceptors (Lipinski definition) is 11. The predicted octanol–water partition coefficient (Wildman–Crippen LogP) is 1.96. The van der Waals surface area contributed by atoms with E-state index in [2.05, 4.69) is 35.6 Å². The van der Waals surface area contributed by atoms with E-state index in [1.165, 1.54) is 0 Å². The summed E-state index contributed by atoms with van der Waals surface area (Å²) < 4.78 is 24.9. The molecule has 0 aromatic carbocycles. The molecule has 0 unspecified atom stereocenters. The molecule has 0 radical (unpaired) electrons. The third-order valence-electron chi connectivity index (χ3n) is 10.4. The van der Waals surface area contributed by atoms with Gasteiger partial charge in [0.15, 0.2) is 12.1 Å². The number of Topliss-reactive ketones (excluding diaryl/α,β-unsaturated/α-hetero) is 1. The number of rotatable bonds is 7. The molecule has 3 fully saturated rings. The van der Waals surface area contributed by atoms with Crippen LogP contribution in [0.2, 0.25) is 0 Å². The second-order valence-corrected chi connectivity index (χ2v) is 14.7. The molecule has 3 rings (SSSR count). The third kappa shape index (κ3) is 8.79. The number of aliphatic hydroxyl groups excluding tert-OH is 1. The Morgan fingerprint density at radius 3 is 2.23 bits per heavy atom. The number of hydrogen-bond donors (Lipinski definition) is 1. The predicted molar refractivity (Wildman–Crippen MR) is 170 cm³/mol. The average Bonchev–Trinajstić information content (AvgIpc) is 2.97. The fraction of sp³-hybridized carbons (Fsp3) is 0.939. The van der Waals surface area contributed by atoms with Crippen LogP contribution in [0.1, 0.15) is 61.3 Å². The summed E-state index contributed by atoms with van der Waals surface area (Å²) in [7, 11) is 7.59. The first-order chi connectivity index (χ1) is 20.5. The number of piperazine rings is 1. The molecular formula is C33H62N4O7. The molecule has 0 aromatic rings. The van der Waals surface area contributed by atoms with E-state index in [1.807, 2.05) is 32.8 Å². The maximum Gasteiger partial charge on any atom is 0.319 e. The van der Waals surface area contributed by atoms with Gasteiger partial charge in [-0.3, -0.25) is 19.4 Å². The van der Waals surface area contributed by atoms with Gasteiger partial charge in [0, 0.05) is 58.3 Å². The topological polar surface area (TPSA) is 104 Å². The minimum atomic E-state index is -1.41. The molecule has 44 heavy (non-hydrogen) atoms. The van der Waals surface area contributed by atoms with Crippen molar-refractivity contribution in [2.75, 3.05) is 80.7 Å². The van der Waals surface area contributed by atoms with E-state index in [0.29, 0.717) is 12.8 Å². The summed E-state index contributed by atoms with van der Waals surface area (Å²) in [5.41, 5.74) is -2.32. The first kappa shape index (κ1) is 37.3. The molecule has 11 nitrogen and oxygen atoms in total. The Morgan fingerprint density at radius 1 is 1.05 bits per heavy atom. The Morgan fingerprint density at radius 2 is 1.66 bits per heavy atom. The van der Waals surface area contributed by atoms with Gasteiger partial charge in [0.25, 0.3) is 0 Å². The van der Waals surface area contributed by atoms with Crippen molar-refractivity contribution < 1.29 is 33.6 Å². The van der Waals surface area contributed by atoms with Gasteiger partial charge in [-0.1, -0.05) is 20.8 Å². The zero-order chi connectivity index (χ0) is 33.0. The lowest BCUT2D eigenvalue weighted by Gasteiger charge is -2.47. The lowest BCUT2D eigenvalue weighted by atomic mass is 9.74. The highest BCUT2D eigenvalue weighted by Crippen LogP contribution is 2.38. The van der Waals surface area contributed by atoms with Crippen LogP contribution in [0.3, 0.4) is 0 Å². The van der Waals surface area contributed by atoms with Gasteiger partial charge in [-0.15, -0.1) is 0 Å². The summed E-state index contributed by atoms with van der Waals surface area (Å²) in [5, 5.41) is 11.3. The number of likely N-dealkylation sites (N-methyl/N-ethyl adjacent to an activating group) is 3. The molecule has 0 saturated carbocycles. The number of cyclic esters (lactones) is 1. The highest BCUT2D eigenvalue weighted by Gasteiger charge is 2.51. The van der Waals surface area contributed by atoms with Crippen LogP contribution in [0.15, 0.2) is 0 Å². The van der Waals surface area contributed by atoms with E-state index in [9.17, 15) is 14.7 Å². The van der Waals surface area contributed by atoms with Crippen molar-refractivity contribution in [2.45, 2.75) is 104 Å². The Kier molecular flexibility index (Phi) is 13.2. The first-order valence-corrected chi connectivity index (χ1v) is 16.6. The molecule has 0 aromatic heterocycles. The van der Waals surface area contributed by atoms with Crippen LogP contribution in [0, 0.1) is 17.3 Å². The second-order valence-electron chi connectivity index (χ2n) is 14.7. The standard InChI is InChI=1S/C33H62N4O7/c1-12-36-13-15-37(16-14-36)20-25-21-42-31(40)32(5,6)28(39)24(4)29(33(7,41-11)18-22(2)19-35(25)10)44-30-27(38)26(34(8)9)17-23(3)43-30/h22-27,29-30,38H,12-21H2,1-11H3/t22-,23-,24+,25-,26+,27-,29-,30+,33-/m1/s1. The van der Waals surface area contributed by atoms with Crippen LogP contribution in [-0.4, -0.2) is 159 Å². The maximum atomic E-state index is 14.2. The van der Waals surface area contributed by atoms with Crippen molar-refractivity contribution in [1.29, 1.82) is 0 Å². The maximum absolute atomic E-state index is 14.2. The molecule has 3 saturated heterocycles. The summed E-state index contributed by atoms with van der Waals surface area (Å²) in [6, 6.07) is -0.186. The van der Waals surface area contributed by atoms with Crippen molar-refractivity contribution in [3.05, 3.63) is 0 Å². The van der Waals surface area contributed by atoms with Crippen molar-refractivity contribution >= 4 is 11.8 Å². The zero-order valence-electron chi connectivity index (χ0n) is 29.4. The number of carbonyl (C=O) groups is 2. The number of ether oxygens (including phenoxy) is 4. The quantitative estimate of drug-likeness (QED) is 0.331. The molecule has 3 aliphatic rings. The number of carbonyl (C=O) groups excluding carboxylic acids is 2. The SMILES string of the molecule is CCN1CCN(C[C@@H]2COC(=O)C(C)(C)C(=O)[C@H](C)[C@@H](O[C@@H]3O[C@H](C)C[C@H](N(C)C)[C@H]3O)[C@](C)(OC)C[C@@H](C)CN2C)CC1. The van der Waals surface area contributed by atoms with Crippen molar-refractivity contribution in [3.63, 3.8) is 0 Å². The lowest BCUT2D eigenvalue weighted by molar-refractivity contribution is -0.295. The van der Waals surface area contributed by atoms with Crippen LogP contribution in [0.5, 0.6) is 0 Å². The van der Waals surface area contributed by atoms with Gasteiger partial charge in [0.1, 0.15) is 18.1 Å². The Balaban J connectivity index is 1.93. The number of aliphatic hydroxyl groups is 1. The smallest absolute Gasteiger partial charge is 0.319 e. The van der Waals surface area contributed by atoms with Crippen molar-refractivity contribution in [1.82, 2.24) is 19.6 Å². The van der Waals surface area contributed by atoms with Gasteiger partial charge >= 0.3 is 5.97 Å². The van der Waals surface area contributed by atoms with E-state index in [-0.39, 0.29) is 36.5 Å². The minimum Gasteiger partial charge on any atom is -0.463 e. The number of ketones is 1. The minimum absolute atomic E-state index is 0.0188. The fourth-order valence-electron chi connectivity index (χ4n) is 7.37. The number of methoxy groups -OCH3 is 1. The van der Waals surface area contributed by atoms with Crippen LogP contribution in [-0.2, 0) is 28.5 Å². The van der Waals surface area contributed by atoms with Crippen LogP contribution < -0.4 is 0 Å². The molecular weight excluding hydrogens is 564 g/mol. The summed E-state index contributed by atoms with van der Waals surface area (Å²) >= 11 is 0. The fourth-order valence-corrected chi connectivity index (χ4v) is 7.37. The normalized spacial score (nSPS) is 39.4. The molecule has 1 N–H and O–H groups in total. The molecule has 3 heterocycles. The molecule has 0 aliphatic carbocycles. The Hall–Kier alpha value is -1.18. The van der Waals surface area contributed by atoms with Gasteiger partial charge in [0.05, 0.1) is 23.9 Å². The van der Waals surface area contributed by atoms with Gasteiger partial charge < -0.3 is 33.9 Å². The largest absolute Gasteiger partial charge is 0.463 e. The van der Waals surface area contributed by atoms with Crippen molar-refractivity contribution in [2.24, 2.45) is 17.3 Å². The molecule has 0 amide bonds. The van der Waals surface area contributed by atoms with Gasteiger partial charge in [0.2, 0.25) is 0 Å². The highest BCUT2D eigenvalue weighted by molar-refractivity contribution is 6.04.